The average molecular weight is 430 g/mol. The molecule has 0 amide bonds. The Hall–Kier alpha value is -2.23. The minimum atomic E-state index is -0.0585. The van der Waals surface area contributed by atoms with Crippen molar-refractivity contribution in [1.29, 1.82) is 0 Å². The molecule has 6 nitrogen and oxygen atoms in total. The molecule has 0 aliphatic heterocycles. The standard InChI is InChI=1S/C19H19N5OS3/c1-3-5-15-9-13(11-27-15)17-21-22-19(24(17)6-4-2)28-12-14-10-16(25)23-7-8-26-18(23)20-14/h4,7-11H,2-3,5-6,12H2,1H3. The number of thiazole rings is 1. The number of aromatic nitrogens is 5. The van der Waals surface area contributed by atoms with Crippen LogP contribution in [-0.4, -0.2) is 24.1 Å². The fourth-order valence-electron chi connectivity index (χ4n) is 2.88. The SMILES string of the molecule is C=CCn1c(SCc2cc(=O)n3ccsc3n2)nnc1-c1csc(CCC)c1. The van der Waals surface area contributed by atoms with Crippen LogP contribution in [0.2, 0.25) is 0 Å². The lowest BCUT2D eigenvalue weighted by Crippen LogP contribution is -2.12. The highest BCUT2D eigenvalue weighted by Crippen LogP contribution is 2.29. The van der Waals surface area contributed by atoms with E-state index < -0.39 is 0 Å². The Bertz CT molecular complexity index is 1170. The molecule has 4 heterocycles. The first-order valence-corrected chi connectivity index (χ1v) is 11.6. The van der Waals surface area contributed by atoms with E-state index in [1.165, 1.54) is 28.0 Å². The summed E-state index contributed by atoms with van der Waals surface area (Å²) in [5.41, 5.74) is 1.77. The van der Waals surface area contributed by atoms with Gasteiger partial charge in [-0.2, -0.15) is 0 Å². The largest absolute Gasteiger partial charge is 0.298 e. The van der Waals surface area contributed by atoms with E-state index in [1.807, 2.05) is 11.5 Å². The molecule has 0 radical (unpaired) electrons. The molecule has 0 aliphatic carbocycles. The van der Waals surface area contributed by atoms with Crippen LogP contribution in [0.25, 0.3) is 16.3 Å². The fourth-order valence-corrected chi connectivity index (χ4v) is 5.43. The van der Waals surface area contributed by atoms with Crippen molar-refractivity contribution in [2.45, 2.75) is 37.2 Å². The third kappa shape index (κ3) is 3.82. The molecular formula is C19H19N5OS3. The smallest absolute Gasteiger partial charge is 0.258 e. The Morgan fingerprint density at radius 2 is 2.18 bits per heavy atom. The number of thioether (sulfide) groups is 1. The van der Waals surface area contributed by atoms with Gasteiger partial charge >= 0.3 is 0 Å². The van der Waals surface area contributed by atoms with Gasteiger partial charge < -0.3 is 0 Å². The molecule has 4 rings (SSSR count). The van der Waals surface area contributed by atoms with Crippen LogP contribution in [0, 0.1) is 0 Å². The molecule has 0 aliphatic rings. The molecule has 0 aromatic carbocycles. The number of thiophene rings is 1. The Kier molecular flexibility index (Phi) is 5.74. The van der Waals surface area contributed by atoms with Gasteiger partial charge in [-0.1, -0.05) is 31.2 Å². The minimum absolute atomic E-state index is 0.0585. The van der Waals surface area contributed by atoms with Crippen molar-refractivity contribution < 1.29 is 0 Å². The van der Waals surface area contributed by atoms with Crippen LogP contribution in [0.3, 0.4) is 0 Å². The summed E-state index contributed by atoms with van der Waals surface area (Å²) in [6.07, 6.45) is 5.79. The lowest BCUT2D eigenvalue weighted by Gasteiger charge is -2.06. The van der Waals surface area contributed by atoms with Gasteiger partial charge in [-0.05, 0) is 12.5 Å². The second-order valence-electron chi connectivity index (χ2n) is 6.19. The Morgan fingerprint density at radius 3 is 3.00 bits per heavy atom. The minimum Gasteiger partial charge on any atom is -0.298 e. The molecule has 144 valence electrons. The van der Waals surface area contributed by atoms with Crippen LogP contribution >= 0.6 is 34.4 Å². The number of hydrogen-bond donors (Lipinski definition) is 0. The summed E-state index contributed by atoms with van der Waals surface area (Å²) in [4.78, 5) is 18.8. The van der Waals surface area contributed by atoms with Crippen molar-refractivity contribution in [2.24, 2.45) is 0 Å². The van der Waals surface area contributed by atoms with Gasteiger partial charge in [-0.3, -0.25) is 13.8 Å². The van der Waals surface area contributed by atoms with Crippen molar-refractivity contribution in [1.82, 2.24) is 24.1 Å². The van der Waals surface area contributed by atoms with Gasteiger partial charge in [0, 0.05) is 45.8 Å². The second-order valence-corrected chi connectivity index (χ2v) is 9.00. The Balaban J connectivity index is 1.59. The van der Waals surface area contributed by atoms with Crippen LogP contribution in [-0.2, 0) is 18.7 Å². The molecule has 28 heavy (non-hydrogen) atoms. The first-order chi connectivity index (χ1) is 13.7. The van der Waals surface area contributed by atoms with Crippen molar-refractivity contribution in [3.05, 3.63) is 62.7 Å². The van der Waals surface area contributed by atoms with Crippen LogP contribution in [0.1, 0.15) is 23.9 Å². The highest BCUT2D eigenvalue weighted by Gasteiger charge is 2.15. The van der Waals surface area contributed by atoms with E-state index in [1.54, 1.807) is 28.0 Å². The molecule has 9 heteroatoms. The lowest BCUT2D eigenvalue weighted by atomic mass is 10.2. The summed E-state index contributed by atoms with van der Waals surface area (Å²) in [7, 11) is 0. The Morgan fingerprint density at radius 1 is 1.29 bits per heavy atom. The number of nitrogens with zero attached hydrogens (tertiary/aromatic N) is 5. The van der Waals surface area contributed by atoms with E-state index >= 15 is 0 Å². The molecule has 0 saturated heterocycles. The summed E-state index contributed by atoms with van der Waals surface area (Å²) < 4.78 is 3.62. The monoisotopic (exact) mass is 429 g/mol. The number of allylic oxidation sites excluding steroid dienone is 1. The molecule has 0 fully saturated rings. The summed E-state index contributed by atoms with van der Waals surface area (Å²) in [5.74, 6) is 1.41. The highest BCUT2D eigenvalue weighted by molar-refractivity contribution is 7.98. The van der Waals surface area contributed by atoms with Crippen LogP contribution in [0.4, 0.5) is 0 Å². The van der Waals surface area contributed by atoms with E-state index in [2.05, 4.69) is 44.7 Å². The molecular weight excluding hydrogens is 410 g/mol. The zero-order valence-corrected chi connectivity index (χ0v) is 17.8. The summed E-state index contributed by atoms with van der Waals surface area (Å²) in [6.45, 7) is 6.68. The topological polar surface area (TPSA) is 65.1 Å². The van der Waals surface area contributed by atoms with Gasteiger partial charge in [0.15, 0.2) is 15.9 Å². The van der Waals surface area contributed by atoms with E-state index in [9.17, 15) is 4.79 Å². The molecule has 0 bridgehead atoms. The van der Waals surface area contributed by atoms with E-state index in [4.69, 9.17) is 0 Å². The highest BCUT2D eigenvalue weighted by atomic mass is 32.2. The van der Waals surface area contributed by atoms with Gasteiger partial charge in [0.2, 0.25) is 0 Å². The molecule has 0 unspecified atom stereocenters. The number of aryl methyl sites for hydroxylation is 1. The zero-order valence-electron chi connectivity index (χ0n) is 15.4. The maximum absolute atomic E-state index is 12.2. The van der Waals surface area contributed by atoms with Crippen molar-refractivity contribution >= 4 is 39.4 Å². The van der Waals surface area contributed by atoms with Crippen molar-refractivity contribution in [3.63, 3.8) is 0 Å². The average Bonchev–Trinajstić information content (AvgIpc) is 3.40. The second kappa shape index (κ2) is 8.42. The summed E-state index contributed by atoms with van der Waals surface area (Å²) in [5, 5.41) is 13.6. The zero-order chi connectivity index (χ0) is 19.5. The molecule has 0 N–H and O–H groups in total. The van der Waals surface area contributed by atoms with E-state index in [0.29, 0.717) is 17.3 Å². The van der Waals surface area contributed by atoms with Crippen molar-refractivity contribution in [3.8, 4) is 11.4 Å². The van der Waals surface area contributed by atoms with Gasteiger partial charge in [0.25, 0.3) is 5.56 Å². The third-order valence-electron chi connectivity index (χ3n) is 4.14. The fraction of sp³-hybridized carbons (Fsp3) is 0.263. The summed E-state index contributed by atoms with van der Waals surface area (Å²) >= 11 is 4.74. The van der Waals surface area contributed by atoms with Crippen LogP contribution in [0.15, 0.2) is 51.7 Å². The normalized spacial score (nSPS) is 11.3. The maximum Gasteiger partial charge on any atom is 0.258 e. The van der Waals surface area contributed by atoms with Crippen LogP contribution in [0.5, 0.6) is 0 Å². The molecule has 4 aromatic rings. The quantitative estimate of drug-likeness (QED) is 0.305. The predicted molar refractivity (Wildman–Crippen MR) is 116 cm³/mol. The van der Waals surface area contributed by atoms with E-state index in [0.717, 1.165) is 35.1 Å². The molecule has 4 aromatic heterocycles. The molecule has 0 atom stereocenters. The predicted octanol–water partition coefficient (Wildman–Crippen LogP) is 4.51. The molecule has 0 spiro atoms. The van der Waals surface area contributed by atoms with Gasteiger partial charge in [0.05, 0.1) is 5.69 Å². The maximum atomic E-state index is 12.2. The van der Waals surface area contributed by atoms with Crippen molar-refractivity contribution in [2.75, 3.05) is 0 Å². The number of rotatable bonds is 8. The third-order valence-corrected chi connectivity index (χ3v) is 6.90. The first kappa shape index (κ1) is 19.1. The van der Waals surface area contributed by atoms with E-state index in [-0.39, 0.29) is 5.56 Å². The number of fused-ring (bicyclic) bond motifs is 1. The lowest BCUT2D eigenvalue weighted by molar-refractivity contribution is 0.731. The van der Waals surface area contributed by atoms with Gasteiger partial charge in [-0.15, -0.1) is 39.4 Å². The number of hydrogen-bond acceptors (Lipinski definition) is 7. The van der Waals surface area contributed by atoms with Gasteiger partial charge in [-0.25, -0.2) is 4.98 Å². The summed E-state index contributed by atoms with van der Waals surface area (Å²) in [6, 6.07) is 3.77. The Labute approximate surface area is 174 Å². The van der Waals surface area contributed by atoms with Gasteiger partial charge in [0.1, 0.15) is 0 Å². The van der Waals surface area contributed by atoms with Crippen LogP contribution < -0.4 is 5.56 Å². The molecule has 0 saturated carbocycles. The first-order valence-electron chi connectivity index (χ1n) is 8.90.